The number of carbonyl (C=O) groups excluding carboxylic acids is 1. The second-order valence-electron chi connectivity index (χ2n) is 2.13. The van der Waals surface area contributed by atoms with Gasteiger partial charge in [0.05, 0.1) is 5.57 Å². The van der Waals surface area contributed by atoms with Crippen molar-refractivity contribution in [2.24, 2.45) is 5.92 Å². The Morgan fingerprint density at radius 3 is 2.67 bits per heavy atom. The summed E-state index contributed by atoms with van der Waals surface area (Å²) in [5, 5.41) is 8.22. The van der Waals surface area contributed by atoms with E-state index in [0.717, 1.165) is 12.8 Å². The van der Waals surface area contributed by atoms with Crippen molar-refractivity contribution in [3.63, 3.8) is 0 Å². The first kappa shape index (κ1) is 6.03. The number of nitrogens with zero attached hydrogens (tertiary/aromatic N) is 1. The molecule has 0 aliphatic heterocycles. The normalized spacial score (nSPS) is 18.8. The molecule has 2 nitrogen and oxygen atoms in total. The maximum atomic E-state index is 9.88. The van der Waals surface area contributed by atoms with E-state index in [1.165, 1.54) is 0 Å². The van der Waals surface area contributed by atoms with Crippen LogP contribution in [0.5, 0.6) is 0 Å². The Bertz CT molecular complexity index is 184. The van der Waals surface area contributed by atoms with Crippen molar-refractivity contribution in [2.45, 2.75) is 12.8 Å². The van der Waals surface area contributed by atoms with Crippen LogP contribution < -0.4 is 0 Å². The van der Waals surface area contributed by atoms with Crippen molar-refractivity contribution in [2.75, 3.05) is 0 Å². The van der Waals surface area contributed by atoms with E-state index in [0.29, 0.717) is 5.92 Å². The van der Waals surface area contributed by atoms with Crippen LogP contribution in [-0.2, 0) is 4.79 Å². The van der Waals surface area contributed by atoms with Crippen LogP contribution in [0.1, 0.15) is 12.8 Å². The Balaban J connectivity index is 2.54. The van der Waals surface area contributed by atoms with Crippen LogP contribution in [0.2, 0.25) is 0 Å². The van der Waals surface area contributed by atoms with Crippen LogP contribution in [0.25, 0.3) is 0 Å². The molecule has 45 valence electrons. The minimum absolute atomic E-state index is 0.150. The number of nitriles is 1. The summed E-state index contributed by atoms with van der Waals surface area (Å²) >= 11 is 0. The maximum absolute atomic E-state index is 9.88. The lowest BCUT2D eigenvalue weighted by molar-refractivity contribution is 0.562. The average molecular weight is 120 g/mol. The first-order chi connectivity index (χ1) is 4.36. The van der Waals surface area contributed by atoms with Gasteiger partial charge in [-0.2, -0.15) is 5.26 Å². The van der Waals surface area contributed by atoms with E-state index in [-0.39, 0.29) is 5.57 Å². The number of rotatable bonds is 2. The molecule has 1 aliphatic rings. The highest BCUT2D eigenvalue weighted by Crippen LogP contribution is 2.30. The largest absolute Gasteiger partial charge is 0.284 e. The summed E-state index contributed by atoms with van der Waals surface area (Å²) in [6, 6.07) is 1.76. The van der Waals surface area contributed by atoms with E-state index in [9.17, 15) is 4.79 Å². The predicted molar refractivity (Wildman–Crippen MR) is 32.1 cm³/mol. The van der Waals surface area contributed by atoms with Gasteiger partial charge in [-0.15, -0.1) is 0 Å². The van der Waals surface area contributed by atoms with Crippen LogP contribution in [0.3, 0.4) is 0 Å². The molecular weight excluding hydrogens is 114 g/mol. The molecule has 0 amide bonds. The zero-order chi connectivity index (χ0) is 6.69. The molecule has 0 atom stereocenters. The van der Waals surface area contributed by atoms with Gasteiger partial charge in [0.25, 0.3) is 0 Å². The first-order valence-electron chi connectivity index (χ1n) is 2.87. The van der Waals surface area contributed by atoms with Gasteiger partial charge in [0.1, 0.15) is 6.07 Å². The van der Waals surface area contributed by atoms with Gasteiger partial charge in [0.15, 0.2) is 0 Å². The third kappa shape index (κ3) is 1.69. The number of allylic oxidation sites excluding steroid dienone is 2. The summed E-state index contributed by atoms with van der Waals surface area (Å²) in [6.45, 7) is 0. The van der Waals surface area contributed by atoms with Crippen LogP contribution in [-0.4, -0.2) is 6.29 Å². The first-order valence-corrected chi connectivity index (χ1v) is 2.87. The van der Waals surface area contributed by atoms with Gasteiger partial charge >= 0.3 is 0 Å². The Labute approximate surface area is 53.8 Å². The molecule has 0 heterocycles. The van der Waals surface area contributed by atoms with Crippen molar-refractivity contribution >= 4 is 6.29 Å². The fraction of sp³-hybridized carbons (Fsp3) is 0.429. The third-order valence-electron chi connectivity index (χ3n) is 1.25. The molecule has 0 N–H and O–H groups in total. The molecule has 0 bridgehead atoms. The third-order valence-corrected chi connectivity index (χ3v) is 1.25. The zero-order valence-corrected chi connectivity index (χ0v) is 4.92. The summed E-state index contributed by atoms with van der Waals surface area (Å²) in [7, 11) is 0. The van der Waals surface area contributed by atoms with Gasteiger partial charge in [-0.05, 0) is 18.8 Å². The number of hydrogen-bond acceptors (Lipinski definition) is 2. The van der Waals surface area contributed by atoms with Crippen LogP contribution in [0, 0.1) is 17.2 Å². The molecule has 1 aliphatic carbocycles. The Morgan fingerprint density at radius 1 is 1.67 bits per heavy atom. The van der Waals surface area contributed by atoms with Crippen molar-refractivity contribution in [3.05, 3.63) is 11.6 Å². The van der Waals surface area contributed by atoms with Crippen LogP contribution in [0.4, 0.5) is 0 Å². The highest BCUT2D eigenvalue weighted by atomic mass is 16.1. The Morgan fingerprint density at radius 2 is 2.33 bits per heavy atom. The molecule has 2 heteroatoms. The molecule has 1 fully saturated rings. The van der Waals surface area contributed by atoms with Gasteiger partial charge in [0.2, 0.25) is 6.29 Å². The molecule has 9 heavy (non-hydrogen) atoms. The van der Waals surface area contributed by atoms with E-state index < -0.39 is 0 Å². The summed E-state index contributed by atoms with van der Waals surface area (Å²) in [5.41, 5.74) is 0.150. The topological polar surface area (TPSA) is 40.9 Å². The fourth-order valence-corrected chi connectivity index (χ4v) is 0.593. The Kier molecular flexibility index (Phi) is 1.64. The van der Waals surface area contributed by atoms with Crippen LogP contribution in [0.15, 0.2) is 11.6 Å². The van der Waals surface area contributed by atoms with Gasteiger partial charge in [0, 0.05) is 0 Å². The standard InChI is InChI=1S/C7H6NO/c8-4-7(5-9)3-6-1-2-6/h3,6H,1-2H2. The summed E-state index contributed by atoms with van der Waals surface area (Å²) in [4.78, 5) is 9.88. The smallest absolute Gasteiger partial charge is 0.244 e. The molecule has 0 aromatic carbocycles. The van der Waals surface area contributed by atoms with Gasteiger partial charge in [-0.3, -0.25) is 4.79 Å². The average Bonchev–Trinajstić information content (AvgIpc) is 2.66. The van der Waals surface area contributed by atoms with Crippen LogP contribution >= 0.6 is 0 Å². The van der Waals surface area contributed by atoms with Crippen molar-refractivity contribution in [1.29, 1.82) is 5.26 Å². The predicted octanol–water partition coefficient (Wildman–Crippen LogP) is 0.956. The molecule has 0 aromatic rings. The van der Waals surface area contributed by atoms with Gasteiger partial charge in [-0.25, -0.2) is 0 Å². The second-order valence-corrected chi connectivity index (χ2v) is 2.13. The second kappa shape index (κ2) is 2.45. The fourth-order valence-electron chi connectivity index (χ4n) is 0.593. The molecule has 0 saturated heterocycles. The molecule has 0 spiro atoms. The lowest BCUT2D eigenvalue weighted by atomic mass is 10.2. The SMILES string of the molecule is N#CC([C]=O)=CC1CC1. The minimum atomic E-state index is 0.150. The lowest BCUT2D eigenvalue weighted by Crippen LogP contribution is -1.78. The zero-order valence-electron chi connectivity index (χ0n) is 4.92. The summed E-state index contributed by atoms with van der Waals surface area (Å²) in [6.07, 6.45) is 5.50. The molecule has 1 saturated carbocycles. The Hall–Kier alpha value is -1.10. The van der Waals surface area contributed by atoms with E-state index in [1.54, 1.807) is 18.4 Å². The molecule has 0 aromatic heterocycles. The highest BCUT2D eigenvalue weighted by molar-refractivity contribution is 5.79. The minimum Gasteiger partial charge on any atom is -0.284 e. The van der Waals surface area contributed by atoms with E-state index in [2.05, 4.69) is 0 Å². The number of hydrogen-bond donors (Lipinski definition) is 0. The summed E-state index contributed by atoms with van der Waals surface area (Å²) in [5.74, 6) is 0.487. The molecular formula is C7H6NO. The monoisotopic (exact) mass is 120 g/mol. The summed E-state index contributed by atoms with van der Waals surface area (Å²) < 4.78 is 0. The van der Waals surface area contributed by atoms with E-state index in [4.69, 9.17) is 5.26 Å². The van der Waals surface area contributed by atoms with Gasteiger partial charge in [-0.1, -0.05) is 6.08 Å². The van der Waals surface area contributed by atoms with E-state index in [1.807, 2.05) is 0 Å². The maximum Gasteiger partial charge on any atom is 0.244 e. The lowest BCUT2D eigenvalue weighted by Gasteiger charge is -1.77. The molecule has 0 unspecified atom stereocenters. The van der Waals surface area contributed by atoms with E-state index >= 15 is 0 Å². The molecule has 1 rings (SSSR count). The van der Waals surface area contributed by atoms with Crippen molar-refractivity contribution in [1.82, 2.24) is 0 Å². The quantitative estimate of drug-likeness (QED) is 0.402. The van der Waals surface area contributed by atoms with Crippen molar-refractivity contribution in [3.8, 4) is 6.07 Å². The van der Waals surface area contributed by atoms with Crippen molar-refractivity contribution < 1.29 is 4.79 Å². The van der Waals surface area contributed by atoms with Gasteiger partial charge < -0.3 is 0 Å². The highest BCUT2D eigenvalue weighted by Gasteiger charge is 2.18. The molecule has 1 radical (unpaired) electrons.